The first-order chi connectivity index (χ1) is 17.2. The summed E-state index contributed by atoms with van der Waals surface area (Å²) in [6, 6.07) is 12.9. The Hall–Kier alpha value is -4.28. The third kappa shape index (κ3) is 4.39. The highest BCUT2D eigenvalue weighted by atomic mass is 35.5. The summed E-state index contributed by atoms with van der Waals surface area (Å²) in [6.07, 6.45) is 1.43. The zero-order valence-electron chi connectivity index (χ0n) is 18.4. The van der Waals surface area contributed by atoms with Gasteiger partial charge in [-0.1, -0.05) is 23.2 Å². The molecule has 9 nitrogen and oxygen atoms in total. The molecule has 180 valence electrons. The molecular formula is C24H15Cl2FN6O3. The van der Waals surface area contributed by atoms with Crippen LogP contribution >= 0.6 is 23.2 Å². The molecule has 0 radical (unpaired) electrons. The lowest BCUT2D eigenvalue weighted by Gasteiger charge is -2.13. The molecular weight excluding hydrogens is 510 g/mol. The minimum Gasteiger partial charge on any atom is -0.454 e. The molecule has 0 fully saturated rings. The lowest BCUT2D eigenvalue weighted by Crippen LogP contribution is -2.33. The predicted octanol–water partition coefficient (Wildman–Crippen LogP) is 4.66. The van der Waals surface area contributed by atoms with Gasteiger partial charge in [0.05, 0.1) is 26.9 Å². The van der Waals surface area contributed by atoms with Crippen LogP contribution in [-0.4, -0.2) is 24.7 Å². The zero-order chi connectivity index (χ0) is 25.6. The van der Waals surface area contributed by atoms with Crippen molar-refractivity contribution in [3.63, 3.8) is 0 Å². The molecule has 36 heavy (non-hydrogen) atoms. The highest BCUT2D eigenvalue weighted by Crippen LogP contribution is 2.39. The van der Waals surface area contributed by atoms with Gasteiger partial charge in [-0.05, 0) is 61.0 Å². The second-order valence-electron chi connectivity index (χ2n) is 7.77. The third-order valence-electron chi connectivity index (χ3n) is 5.31. The van der Waals surface area contributed by atoms with Gasteiger partial charge in [-0.3, -0.25) is 9.78 Å². The lowest BCUT2D eigenvalue weighted by atomic mass is 10.1. The molecule has 3 aromatic heterocycles. The van der Waals surface area contributed by atoms with Crippen LogP contribution < -0.4 is 21.7 Å². The van der Waals surface area contributed by atoms with E-state index in [-0.39, 0.29) is 27.3 Å². The fourth-order valence-corrected chi connectivity index (χ4v) is 4.14. The van der Waals surface area contributed by atoms with Crippen LogP contribution in [0.5, 0.6) is 11.5 Å². The van der Waals surface area contributed by atoms with E-state index in [4.69, 9.17) is 33.7 Å². The Labute approximate surface area is 211 Å². The van der Waals surface area contributed by atoms with Crippen LogP contribution in [0.25, 0.3) is 27.8 Å². The molecule has 3 N–H and O–H groups in total. The standard InChI is InChI=1S/C24H15Cl2FN6O3/c1-11-6-19(12-2-5-20(27)29-10-12)30-18-4-3-14(9-15(11)18)36-21-16(25)7-13(8-17(21)26)33-24(35)31-23(34)22(28)32-33/h2-10H,1H3,(H2,28,32)(H,31,34,35). The van der Waals surface area contributed by atoms with Gasteiger partial charge in [0.15, 0.2) is 5.75 Å². The number of halogens is 3. The second kappa shape index (κ2) is 9.06. The number of hydrogen-bond donors (Lipinski definition) is 2. The van der Waals surface area contributed by atoms with Crippen LogP contribution in [0, 0.1) is 12.9 Å². The number of H-pyrrole nitrogens is 1. The van der Waals surface area contributed by atoms with Crippen molar-refractivity contribution in [1.29, 1.82) is 0 Å². The summed E-state index contributed by atoms with van der Waals surface area (Å²) in [5, 5.41) is 4.80. The van der Waals surface area contributed by atoms with Crippen molar-refractivity contribution >= 4 is 39.9 Å². The van der Waals surface area contributed by atoms with E-state index >= 15 is 0 Å². The van der Waals surface area contributed by atoms with Gasteiger partial charge in [0.25, 0.3) is 5.56 Å². The van der Waals surface area contributed by atoms with Crippen molar-refractivity contribution in [3.8, 4) is 28.4 Å². The van der Waals surface area contributed by atoms with Gasteiger partial charge >= 0.3 is 5.69 Å². The lowest BCUT2D eigenvalue weighted by molar-refractivity contribution is 0.483. The Bertz CT molecular complexity index is 1750. The number of benzene rings is 2. The quantitative estimate of drug-likeness (QED) is 0.327. The summed E-state index contributed by atoms with van der Waals surface area (Å²) in [5.41, 5.74) is 7.07. The van der Waals surface area contributed by atoms with E-state index in [0.29, 0.717) is 22.5 Å². The summed E-state index contributed by atoms with van der Waals surface area (Å²) in [6.45, 7) is 1.92. The first kappa shape index (κ1) is 23.5. The number of rotatable bonds is 4. The maximum atomic E-state index is 13.2. The molecule has 0 saturated carbocycles. The molecule has 12 heteroatoms. The molecule has 3 heterocycles. The van der Waals surface area contributed by atoms with Crippen LogP contribution in [0.3, 0.4) is 0 Å². The molecule has 5 aromatic rings. The van der Waals surface area contributed by atoms with Crippen LogP contribution in [0.1, 0.15) is 5.56 Å². The Morgan fingerprint density at radius 3 is 2.50 bits per heavy atom. The van der Waals surface area contributed by atoms with Gasteiger partial charge in [-0.2, -0.15) is 9.07 Å². The number of nitrogens with two attached hydrogens (primary N) is 1. The van der Waals surface area contributed by atoms with Crippen molar-refractivity contribution in [2.24, 2.45) is 0 Å². The number of hydrogen-bond acceptors (Lipinski definition) is 7. The SMILES string of the molecule is Cc1cc(-c2ccc(F)nc2)nc2ccc(Oc3c(Cl)cc(-n4nc(N)c(=O)[nH]c4=O)cc3Cl)cc12. The van der Waals surface area contributed by atoms with E-state index in [9.17, 15) is 14.0 Å². The summed E-state index contributed by atoms with van der Waals surface area (Å²) in [7, 11) is 0. The normalized spacial score (nSPS) is 11.1. The number of ether oxygens (including phenoxy) is 1. The van der Waals surface area contributed by atoms with Crippen molar-refractivity contribution in [2.75, 3.05) is 5.73 Å². The van der Waals surface area contributed by atoms with Gasteiger partial charge in [-0.15, -0.1) is 5.10 Å². The number of nitrogens with one attached hydrogen (secondary N) is 1. The molecule has 0 amide bonds. The Morgan fingerprint density at radius 2 is 1.81 bits per heavy atom. The number of aromatic amines is 1. The predicted molar refractivity (Wildman–Crippen MR) is 135 cm³/mol. The molecule has 0 bridgehead atoms. The van der Waals surface area contributed by atoms with E-state index in [1.807, 2.05) is 13.0 Å². The van der Waals surface area contributed by atoms with E-state index in [0.717, 1.165) is 15.6 Å². The first-order valence-corrected chi connectivity index (χ1v) is 11.1. The summed E-state index contributed by atoms with van der Waals surface area (Å²) in [4.78, 5) is 34.0. The molecule has 0 aliphatic rings. The summed E-state index contributed by atoms with van der Waals surface area (Å²) in [5.74, 6) is -0.342. The van der Waals surface area contributed by atoms with Crippen molar-refractivity contribution < 1.29 is 9.13 Å². The average Bonchev–Trinajstić information content (AvgIpc) is 2.84. The van der Waals surface area contributed by atoms with Crippen molar-refractivity contribution in [2.45, 2.75) is 6.92 Å². The van der Waals surface area contributed by atoms with Gasteiger partial charge in [0, 0.05) is 17.1 Å². The van der Waals surface area contributed by atoms with Gasteiger partial charge in [-0.25, -0.2) is 14.8 Å². The molecule has 0 saturated heterocycles. The number of fused-ring (bicyclic) bond motifs is 1. The Kier molecular flexibility index (Phi) is 5.91. The number of aryl methyl sites for hydroxylation is 1. The van der Waals surface area contributed by atoms with E-state index < -0.39 is 17.2 Å². The minimum atomic E-state index is -0.803. The highest BCUT2D eigenvalue weighted by molar-refractivity contribution is 6.37. The number of anilines is 1. The second-order valence-corrected chi connectivity index (χ2v) is 8.58. The van der Waals surface area contributed by atoms with E-state index in [1.54, 1.807) is 24.3 Å². The fraction of sp³-hybridized carbons (Fsp3) is 0.0417. The molecule has 2 aromatic carbocycles. The highest BCUT2D eigenvalue weighted by Gasteiger charge is 2.15. The average molecular weight is 525 g/mol. The molecule has 0 aliphatic carbocycles. The molecule has 0 aliphatic heterocycles. The van der Waals surface area contributed by atoms with Crippen LogP contribution in [0.4, 0.5) is 10.2 Å². The smallest absolute Gasteiger partial charge is 0.349 e. The largest absolute Gasteiger partial charge is 0.454 e. The molecule has 0 unspecified atom stereocenters. The van der Waals surface area contributed by atoms with Crippen LogP contribution in [0.2, 0.25) is 10.0 Å². The third-order valence-corrected chi connectivity index (χ3v) is 5.87. The minimum absolute atomic E-state index is 0.102. The zero-order valence-corrected chi connectivity index (χ0v) is 19.9. The number of pyridine rings is 2. The Balaban J connectivity index is 1.49. The maximum absolute atomic E-state index is 13.2. The van der Waals surface area contributed by atoms with Crippen molar-refractivity contribution in [3.05, 3.63) is 97.1 Å². The van der Waals surface area contributed by atoms with E-state index in [2.05, 4.69) is 20.1 Å². The van der Waals surface area contributed by atoms with Crippen molar-refractivity contribution in [1.82, 2.24) is 24.7 Å². The van der Waals surface area contributed by atoms with Crippen LogP contribution in [0.15, 0.2) is 64.3 Å². The Morgan fingerprint density at radius 1 is 1.06 bits per heavy atom. The fourth-order valence-electron chi connectivity index (χ4n) is 3.58. The summed E-state index contributed by atoms with van der Waals surface area (Å²) >= 11 is 12.8. The van der Waals surface area contributed by atoms with Gasteiger partial charge < -0.3 is 10.5 Å². The number of nitrogens with zero attached hydrogens (tertiary/aromatic N) is 4. The molecule has 5 rings (SSSR count). The first-order valence-electron chi connectivity index (χ1n) is 10.4. The van der Waals surface area contributed by atoms with E-state index in [1.165, 1.54) is 24.4 Å². The molecule has 0 atom stereocenters. The maximum Gasteiger partial charge on any atom is 0.349 e. The topological polar surface area (TPSA) is 129 Å². The van der Waals surface area contributed by atoms with Gasteiger partial charge in [0.1, 0.15) is 5.75 Å². The number of nitrogen functional groups attached to an aromatic ring is 1. The monoisotopic (exact) mass is 524 g/mol. The molecule has 0 spiro atoms. The van der Waals surface area contributed by atoms with Crippen LogP contribution in [-0.2, 0) is 0 Å². The summed E-state index contributed by atoms with van der Waals surface area (Å²) < 4.78 is 20.0. The number of aromatic nitrogens is 5. The van der Waals surface area contributed by atoms with Gasteiger partial charge in [0.2, 0.25) is 11.8 Å².